The van der Waals surface area contributed by atoms with Crippen LogP contribution in [0.2, 0.25) is 0 Å². The molecule has 1 amide bonds. The smallest absolute Gasteiger partial charge is 0.282 e. The summed E-state index contributed by atoms with van der Waals surface area (Å²) >= 11 is 0. The molecule has 0 saturated heterocycles. The lowest BCUT2D eigenvalue weighted by molar-refractivity contribution is -0.114. The van der Waals surface area contributed by atoms with Crippen molar-refractivity contribution in [1.29, 1.82) is 5.41 Å². The number of fused-ring (bicyclic) bond motifs is 1. The molecule has 0 bridgehead atoms. The van der Waals surface area contributed by atoms with Crippen LogP contribution < -0.4 is 0 Å². The van der Waals surface area contributed by atoms with Gasteiger partial charge in [0.05, 0.1) is 5.57 Å². The maximum Gasteiger partial charge on any atom is 0.282 e. The van der Waals surface area contributed by atoms with Crippen molar-refractivity contribution in [3.63, 3.8) is 0 Å². The second-order valence-corrected chi connectivity index (χ2v) is 7.20. The number of hydrogen-bond donors (Lipinski definition) is 1. The fraction of sp³-hybridized carbons (Fsp3) is 0.227. The van der Waals surface area contributed by atoms with E-state index < -0.39 is 5.91 Å². The van der Waals surface area contributed by atoms with E-state index in [1.54, 1.807) is 19.1 Å². The minimum atomic E-state index is -0.428. The summed E-state index contributed by atoms with van der Waals surface area (Å²) in [5, 5.41) is 9.68. The fourth-order valence-corrected chi connectivity index (χ4v) is 3.64. The first-order chi connectivity index (χ1) is 13.3. The van der Waals surface area contributed by atoms with Gasteiger partial charge in [0.2, 0.25) is 0 Å². The van der Waals surface area contributed by atoms with Crippen molar-refractivity contribution >= 4 is 23.7 Å². The van der Waals surface area contributed by atoms with E-state index >= 15 is 0 Å². The third kappa shape index (κ3) is 2.69. The Balaban J connectivity index is 1.79. The predicted octanol–water partition coefficient (Wildman–Crippen LogP) is 4.16. The van der Waals surface area contributed by atoms with Crippen LogP contribution >= 0.6 is 0 Å². The molecule has 2 aliphatic heterocycles. The van der Waals surface area contributed by atoms with Crippen molar-refractivity contribution < 1.29 is 9.63 Å². The van der Waals surface area contributed by atoms with Crippen molar-refractivity contribution in [2.24, 2.45) is 4.99 Å². The highest BCUT2D eigenvalue weighted by Crippen LogP contribution is 2.28. The van der Waals surface area contributed by atoms with Crippen LogP contribution in [0.15, 0.2) is 46.7 Å². The topological polar surface area (TPSA) is 70.7 Å². The summed E-state index contributed by atoms with van der Waals surface area (Å²) in [6.07, 6.45) is 3.38. The molecule has 0 saturated carbocycles. The van der Waals surface area contributed by atoms with Gasteiger partial charge in [0.1, 0.15) is 5.76 Å². The molecule has 28 heavy (non-hydrogen) atoms. The minimum Gasteiger partial charge on any atom is -0.376 e. The van der Waals surface area contributed by atoms with Crippen LogP contribution in [0, 0.1) is 33.1 Å². The molecule has 142 valence electrons. The van der Waals surface area contributed by atoms with E-state index in [2.05, 4.69) is 35.5 Å². The average Bonchev–Trinajstić information content (AvgIpc) is 3.13. The molecule has 1 aromatic carbocycles. The Labute approximate surface area is 163 Å². The number of benzene rings is 1. The second-order valence-electron chi connectivity index (χ2n) is 7.20. The van der Waals surface area contributed by atoms with Crippen LogP contribution in [0.4, 0.5) is 0 Å². The normalized spacial score (nSPS) is 17.6. The van der Waals surface area contributed by atoms with E-state index in [0.29, 0.717) is 11.6 Å². The average molecular weight is 374 g/mol. The third-order valence-electron chi connectivity index (χ3n) is 5.27. The predicted molar refractivity (Wildman–Crippen MR) is 110 cm³/mol. The monoisotopic (exact) mass is 374 g/mol. The first-order valence-electron chi connectivity index (χ1n) is 9.13. The molecule has 0 atom stereocenters. The standard InChI is InChI=1S/C22H22N4O2/c1-12-7-6-8-19(15(12)4)25-13(2)9-17(16(25)5)11-18-21(23)26-20(24-22(18)27)10-14(3)28-26/h6-11,23H,1-5H3/b18-11-,23-21?. The number of carbonyl (C=O) groups excluding carboxylic acids is 1. The Morgan fingerprint density at radius 1 is 1.14 bits per heavy atom. The van der Waals surface area contributed by atoms with Crippen LogP contribution in [0.3, 0.4) is 0 Å². The summed E-state index contributed by atoms with van der Waals surface area (Å²) in [5.74, 6) is 0.526. The molecular weight excluding hydrogens is 352 g/mol. The maximum atomic E-state index is 12.5. The van der Waals surface area contributed by atoms with Gasteiger partial charge in [-0.15, -0.1) is 5.06 Å². The molecule has 1 N–H and O–H groups in total. The Hall–Kier alpha value is -3.41. The van der Waals surface area contributed by atoms with Gasteiger partial charge in [-0.2, -0.15) is 4.99 Å². The number of nitrogens with zero attached hydrogens (tertiary/aromatic N) is 3. The maximum absolute atomic E-state index is 12.5. The largest absolute Gasteiger partial charge is 0.376 e. The third-order valence-corrected chi connectivity index (χ3v) is 5.27. The molecule has 3 heterocycles. The zero-order chi connectivity index (χ0) is 20.2. The Morgan fingerprint density at radius 2 is 1.89 bits per heavy atom. The van der Waals surface area contributed by atoms with E-state index in [1.807, 2.05) is 26.0 Å². The van der Waals surface area contributed by atoms with Gasteiger partial charge in [-0.3, -0.25) is 10.2 Å². The molecule has 0 unspecified atom stereocenters. The first kappa shape index (κ1) is 18.0. The number of hydrogen-bond acceptors (Lipinski definition) is 3. The number of carbonyl (C=O) groups is 1. The Bertz CT molecular complexity index is 1130. The van der Waals surface area contributed by atoms with E-state index in [1.165, 1.54) is 16.2 Å². The molecule has 2 aromatic rings. The summed E-state index contributed by atoms with van der Waals surface area (Å²) in [4.78, 5) is 22.1. The Morgan fingerprint density at radius 3 is 2.64 bits per heavy atom. The number of aliphatic imine (C=N–C) groups is 1. The summed E-state index contributed by atoms with van der Waals surface area (Å²) in [6, 6.07) is 8.26. The lowest BCUT2D eigenvalue weighted by atomic mass is 10.1. The highest BCUT2D eigenvalue weighted by Gasteiger charge is 2.34. The number of rotatable bonds is 2. The van der Waals surface area contributed by atoms with E-state index in [9.17, 15) is 4.79 Å². The summed E-state index contributed by atoms with van der Waals surface area (Å²) in [5.41, 5.74) is 6.73. The van der Waals surface area contributed by atoms with Gasteiger partial charge in [-0.25, -0.2) is 0 Å². The van der Waals surface area contributed by atoms with Gasteiger partial charge < -0.3 is 9.40 Å². The van der Waals surface area contributed by atoms with Crippen LogP contribution in [0.1, 0.15) is 35.0 Å². The SMILES string of the molecule is CC1=CC2=NC(=O)/C(=C\c3cc(C)n(-c4cccc(C)c4C)c3C)C(=N)N2O1. The number of aromatic nitrogens is 1. The molecule has 4 rings (SSSR count). The van der Waals surface area contributed by atoms with Crippen molar-refractivity contribution in [1.82, 2.24) is 9.63 Å². The highest BCUT2D eigenvalue weighted by molar-refractivity contribution is 6.32. The van der Waals surface area contributed by atoms with Gasteiger partial charge in [0.25, 0.3) is 5.91 Å². The van der Waals surface area contributed by atoms with E-state index in [-0.39, 0.29) is 11.4 Å². The number of hydroxylamine groups is 2. The first-order valence-corrected chi connectivity index (χ1v) is 9.13. The summed E-state index contributed by atoms with van der Waals surface area (Å²) in [6.45, 7) is 10.0. The molecular formula is C22H22N4O2. The number of aryl methyl sites for hydroxylation is 2. The van der Waals surface area contributed by atoms with Crippen molar-refractivity contribution in [2.75, 3.05) is 0 Å². The van der Waals surface area contributed by atoms with Crippen LogP contribution in [0.25, 0.3) is 11.8 Å². The van der Waals surface area contributed by atoms with Crippen LogP contribution in [-0.2, 0) is 9.63 Å². The molecule has 2 aliphatic rings. The van der Waals surface area contributed by atoms with Gasteiger partial charge in [0, 0.05) is 23.2 Å². The molecule has 0 radical (unpaired) electrons. The quantitative estimate of drug-likeness (QED) is 0.803. The molecule has 6 heteroatoms. The van der Waals surface area contributed by atoms with Crippen LogP contribution in [0.5, 0.6) is 0 Å². The zero-order valence-electron chi connectivity index (χ0n) is 16.6. The van der Waals surface area contributed by atoms with Crippen LogP contribution in [-0.4, -0.2) is 27.2 Å². The number of amides is 1. The van der Waals surface area contributed by atoms with E-state index in [0.717, 1.165) is 22.6 Å². The van der Waals surface area contributed by atoms with Crippen molar-refractivity contribution in [3.05, 3.63) is 69.8 Å². The zero-order valence-corrected chi connectivity index (χ0v) is 16.6. The highest BCUT2D eigenvalue weighted by atomic mass is 16.7. The van der Waals surface area contributed by atoms with Crippen molar-refractivity contribution in [3.8, 4) is 5.69 Å². The fourth-order valence-electron chi connectivity index (χ4n) is 3.64. The molecule has 6 nitrogen and oxygen atoms in total. The Kier molecular flexibility index (Phi) is 4.07. The summed E-state index contributed by atoms with van der Waals surface area (Å²) < 4.78 is 2.18. The lowest BCUT2D eigenvalue weighted by Gasteiger charge is -2.23. The minimum absolute atomic E-state index is 0.000334. The van der Waals surface area contributed by atoms with Crippen molar-refractivity contribution in [2.45, 2.75) is 34.6 Å². The molecule has 0 spiro atoms. The summed E-state index contributed by atoms with van der Waals surface area (Å²) in [7, 11) is 0. The second kappa shape index (κ2) is 6.34. The molecule has 1 aromatic heterocycles. The molecule has 0 aliphatic carbocycles. The molecule has 0 fully saturated rings. The van der Waals surface area contributed by atoms with Gasteiger partial charge in [-0.1, -0.05) is 12.1 Å². The van der Waals surface area contributed by atoms with Gasteiger partial charge in [-0.05, 0) is 69.5 Å². The van der Waals surface area contributed by atoms with Gasteiger partial charge >= 0.3 is 0 Å². The van der Waals surface area contributed by atoms with Gasteiger partial charge in [0.15, 0.2) is 11.7 Å². The lowest BCUT2D eigenvalue weighted by Crippen LogP contribution is -2.38. The number of allylic oxidation sites excluding steroid dienone is 1. The number of nitrogens with one attached hydrogen (secondary N) is 1. The number of amidine groups is 2. The van der Waals surface area contributed by atoms with E-state index in [4.69, 9.17) is 10.2 Å².